The molecule has 1 N–H and O–H groups in total. The summed E-state index contributed by atoms with van der Waals surface area (Å²) in [6, 6.07) is 13.5. The quantitative estimate of drug-likeness (QED) is 0.593. The molecule has 5 rings (SSSR count). The van der Waals surface area contributed by atoms with Crippen molar-refractivity contribution >= 4 is 16.6 Å². The fourth-order valence-corrected chi connectivity index (χ4v) is 5.34. The van der Waals surface area contributed by atoms with Gasteiger partial charge in [0.25, 0.3) is 0 Å². The van der Waals surface area contributed by atoms with Gasteiger partial charge in [-0.25, -0.2) is 4.39 Å². The highest BCUT2D eigenvalue weighted by atomic mass is 19.1. The highest BCUT2D eigenvalue weighted by Gasteiger charge is 2.52. The Bertz CT molecular complexity index is 1070. The summed E-state index contributed by atoms with van der Waals surface area (Å²) in [5, 5.41) is 4.51. The lowest BCUT2D eigenvalue weighted by atomic mass is 9.63. The van der Waals surface area contributed by atoms with Crippen LogP contribution in [-0.2, 0) is 10.2 Å². The van der Waals surface area contributed by atoms with Crippen LogP contribution in [-0.4, -0.2) is 23.2 Å². The van der Waals surface area contributed by atoms with Gasteiger partial charge in [0.05, 0.1) is 17.2 Å². The fraction of sp³-hybridized carbons (Fsp3) is 0.375. The third-order valence-electron chi connectivity index (χ3n) is 6.47. The number of hydrogen-bond donors (Lipinski definition) is 1. The summed E-state index contributed by atoms with van der Waals surface area (Å²) >= 11 is 0. The molecule has 1 fully saturated rings. The van der Waals surface area contributed by atoms with Crippen LogP contribution in [0.25, 0.3) is 22.0 Å². The molecule has 3 aromatic rings. The third-order valence-corrected chi connectivity index (χ3v) is 6.47. The second-order valence-corrected chi connectivity index (χ2v) is 8.87. The van der Waals surface area contributed by atoms with Crippen LogP contribution in [0.15, 0.2) is 48.7 Å². The summed E-state index contributed by atoms with van der Waals surface area (Å²) in [4.78, 5) is 4.43. The van der Waals surface area contributed by atoms with Crippen LogP contribution >= 0.6 is 0 Å². The van der Waals surface area contributed by atoms with Gasteiger partial charge >= 0.3 is 0 Å². The zero-order chi connectivity index (χ0) is 19.5. The molecule has 1 saturated heterocycles. The summed E-state index contributed by atoms with van der Waals surface area (Å²) in [5.41, 5.74) is 4.02. The lowest BCUT2D eigenvalue weighted by molar-refractivity contribution is -0.0720. The molecule has 2 atom stereocenters. The highest BCUT2D eigenvalue weighted by molar-refractivity contribution is 5.95. The van der Waals surface area contributed by atoms with E-state index in [1.54, 1.807) is 12.3 Å². The molecule has 2 aromatic carbocycles. The lowest BCUT2D eigenvalue weighted by Gasteiger charge is -2.54. The van der Waals surface area contributed by atoms with Gasteiger partial charge in [0, 0.05) is 34.9 Å². The zero-order valence-corrected chi connectivity index (χ0v) is 16.6. The van der Waals surface area contributed by atoms with Gasteiger partial charge in [-0.2, -0.15) is 0 Å². The molecule has 2 unspecified atom stereocenters. The second-order valence-electron chi connectivity index (χ2n) is 8.87. The summed E-state index contributed by atoms with van der Waals surface area (Å²) in [6.07, 6.45) is 3.88. The summed E-state index contributed by atoms with van der Waals surface area (Å²) in [5.74, 6) is -0.211. The van der Waals surface area contributed by atoms with Gasteiger partial charge in [-0.1, -0.05) is 25.1 Å². The van der Waals surface area contributed by atoms with E-state index in [1.165, 1.54) is 0 Å². The SMILES string of the molecule is CC1(C)Nc2cc(F)c(-c3cccc4ncccc34)cc2C2(C)CCCOC12. The fourth-order valence-electron chi connectivity index (χ4n) is 5.34. The van der Waals surface area contributed by atoms with E-state index in [-0.39, 0.29) is 22.9 Å². The van der Waals surface area contributed by atoms with Crippen LogP contribution in [0.4, 0.5) is 10.1 Å². The molecule has 2 aliphatic heterocycles. The van der Waals surface area contributed by atoms with Crippen LogP contribution < -0.4 is 5.32 Å². The predicted octanol–water partition coefficient (Wildman–Crippen LogP) is 5.68. The van der Waals surface area contributed by atoms with Crippen LogP contribution in [0.2, 0.25) is 0 Å². The standard InChI is InChI=1S/C24H25FN2O/c1-23(2)22-24(3,10-6-12-28-22)18-13-17(19(25)14-21(18)27-23)15-7-4-9-20-16(15)8-5-11-26-20/h4-5,7-9,11,13-14,22,27H,6,10,12H2,1-3H3. The molecule has 0 saturated carbocycles. The number of benzene rings is 2. The predicted molar refractivity (Wildman–Crippen MR) is 111 cm³/mol. The molecule has 0 spiro atoms. The number of pyridine rings is 1. The number of hydrogen-bond acceptors (Lipinski definition) is 3. The van der Waals surface area contributed by atoms with Crippen LogP contribution in [0.5, 0.6) is 0 Å². The minimum absolute atomic E-state index is 0.0498. The van der Waals surface area contributed by atoms with Crippen molar-refractivity contribution in [2.45, 2.75) is 50.7 Å². The Morgan fingerprint density at radius 1 is 1.11 bits per heavy atom. The van der Waals surface area contributed by atoms with Crippen molar-refractivity contribution in [1.82, 2.24) is 4.98 Å². The van der Waals surface area contributed by atoms with Crippen molar-refractivity contribution in [2.24, 2.45) is 0 Å². The Kier molecular flexibility index (Phi) is 3.79. The normalized spacial score (nSPS) is 25.6. The Balaban J connectivity index is 1.75. The molecule has 1 aromatic heterocycles. The van der Waals surface area contributed by atoms with Gasteiger partial charge in [0.15, 0.2) is 0 Å². The van der Waals surface area contributed by atoms with Crippen LogP contribution in [0.3, 0.4) is 0 Å². The molecule has 28 heavy (non-hydrogen) atoms. The van der Waals surface area contributed by atoms with E-state index >= 15 is 4.39 Å². The van der Waals surface area contributed by atoms with Crippen molar-refractivity contribution < 1.29 is 9.13 Å². The highest BCUT2D eigenvalue weighted by Crippen LogP contribution is 2.51. The van der Waals surface area contributed by atoms with Crippen molar-refractivity contribution in [1.29, 1.82) is 0 Å². The zero-order valence-electron chi connectivity index (χ0n) is 16.6. The molecule has 0 amide bonds. The van der Waals surface area contributed by atoms with Crippen LogP contribution in [0.1, 0.15) is 39.2 Å². The van der Waals surface area contributed by atoms with Crippen molar-refractivity contribution in [2.75, 3.05) is 11.9 Å². The minimum Gasteiger partial charge on any atom is -0.377 e. The lowest BCUT2D eigenvalue weighted by Crippen LogP contribution is -2.61. The minimum atomic E-state index is -0.251. The molecule has 144 valence electrons. The van der Waals surface area contributed by atoms with E-state index in [2.05, 4.69) is 31.1 Å². The van der Waals surface area contributed by atoms with E-state index in [0.717, 1.165) is 47.2 Å². The number of ether oxygens (including phenoxy) is 1. The van der Waals surface area contributed by atoms with Gasteiger partial charge < -0.3 is 10.1 Å². The first-order valence-electron chi connectivity index (χ1n) is 9.98. The van der Waals surface area contributed by atoms with Crippen molar-refractivity contribution in [3.05, 3.63) is 60.0 Å². The molecule has 4 heteroatoms. The molecular formula is C24H25FN2O. The van der Waals surface area contributed by atoms with E-state index in [9.17, 15) is 0 Å². The largest absolute Gasteiger partial charge is 0.377 e. The maximum absolute atomic E-state index is 15.3. The van der Waals surface area contributed by atoms with Gasteiger partial charge in [-0.05, 0) is 62.1 Å². The number of rotatable bonds is 1. The van der Waals surface area contributed by atoms with Crippen molar-refractivity contribution in [3.8, 4) is 11.1 Å². The van der Waals surface area contributed by atoms with Crippen molar-refractivity contribution in [3.63, 3.8) is 0 Å². The number of nitrogens with zero attached hydrogens (tertiary/aromatic N) is 1. The molecule has 3 heterocycles. The second kappa shape index (κ2) is 6.02. The van der Waals surface area contributed by atoms with Crippen LogP contribution in [0, 0.1) is 5.82 Å². The van der Waals surface area contributed by atoms with E-state index in [4.69, 9.17) is 4.74 Å². The molecule has 2 aliphatic rings. The average molecular weight is 376 g/mol. The molecule has 0 bridgehead atoms. The third kappa shape index (κ3) is 2.47. The summed E-state index contributed by atoms with van der Waals surface area (Å²) in [6.45, 7) is 7.34. The number of anilines is 1. The number of aromatic nitrogens is 1. The summed E-state index contributed by atoms with van der Waals surface area (Å²) < 4.78 is 21.5. The first kappa shape index (κ1) is 17.6. The van der Waals surface area contributed by atoms with Gasteiger partial charge in [-0.15, -0.1) is 0 Å². The van der Waals surface area contributed by atoms with E-state index < -0.39 is 0 Å². The maximum atomic E-state index is 15.3. The topological polar surface area (TPSA) is 34.2 Å². The van der Waals surface area contributed by atoms with Gasteiger partial charge in [-0.3, -0.25) is 4.98 Å². The van der Waals surface area contributed by atoms with Gasteiger partial charge in [0.1, 0.15) is 5.82 Å². The molecule has 3 nitrogen and oxygen atoms in total. The maximum Gasteiger partial charge on any atom is 0.133 e. The Morgan fingerprint density at radius 3 is 2.82 bits per heavy atom. The first-order valence-corrected chi connectivity index (χ1v) is 9.98. The Hall–Kier alpha value is -2.46. The van der Waals surface area contributed by atoms with E-state index in [1.807, 2.05) is 36.4 Å². The number of fused-ring (bicyclic) bond motifs is 4. The molecule has 0 aliphatic carbocycles. The monoisotopic (exact) mass is 376 g/mol. The molecular weight excluding hydrogens is 351 g/mol. The first-order chi connectivity index (χ1) is 13.4. The Morgan fingerprint density at radius 2 is 1.96 bits per heavy atom. The smallest absolute Gasteiger partial charge is 0.133 e. The Labute approximate surface area is 164 Å². The molecule has 0 radical (unpaired) electrons. The van der Waals surface area contributed by atoms with Gasteiger partial charge in [0.2, 0.25) is 0 Å². The number of halogens is 1. The summed E-state index contributed by atoms with van der Waals surface area (Å²) in [7, 11) is 0. The number of nitrogens with one attached hydrogen (secondary N) is 1. The van der Waals surface area contributed by atoms with E-state index in [0.29, 0.717) is 5.56 Å². The average Bonchev–Trinajstić information content (AvgIpc) is 2.67.